The Balaban J connectivity index is 1.90. The van der Waals surface area contributed by atoms with E-state index in [0.717, 1.165) is 41.4 Å². The van der Waals surface area contributed by atoms with Gasteiger partial charge in [0.1, 0.15) is 0 Å². The minimum absolute atomic E-state index is 0.817. The zero-order chi connectivity index (χ0) is 20.5. The Kier molecular flexibility index (Phi) is 10.7. The summed E-state index contributed by atoms with van der Waals surface area (Å²) >= 11 is 0. The molecule has 164 valence electrons. The summed E-state index contributed by atoms with van der Waals surface area (Å²) in [4.78, 5) is 0. The predicted molar refractivity (Wildman–Crippen MR) is 127 cm³/mol. The summed E-state index contributed by atoms with van der Waals surface area (Å²) in [5, 5.41) is 0. The smallest absolute Gasteiger partial charge is 0.0172 e. The molecule has 2 fully saturated rings. The van der Waals surface area contributed by atoms with E-state index in [1.54, 1.807) is 5.57 Å². The molecule has 0 amide bonds. The highest BCUT2D eigenvalue weighted by Gasteiger charge is 2.35. The van der Waals surface area contributed by atoms with Crippen LogP contribution >= 0.6 is 0 Å². The van der Waals surface area contributed by atoms with Crippen LogP contribution in [-0.4, -0.2) is 0 Å². The molecule has 2 aliphatic carbocycles. The van der Waals surface area contributed by atoms with E-state index in [4.69, 9.17) is 0 Å². The lowest BCUT2D eigenvalue weighted by atomic mass is 9.64. The summed E-state index contributed by atoms with van der Waals surface area (Å²) in [6, 6.07) is 0. The standard InChI is InChI=1S/C28H52/c1-7-10-23-14-16-24(17-15-23)19-25-13-12-22(6)28(20-25)27(9-3)26(8-2)18-11-21(4)5/h21,23-28H,6-20H2,1-5H3. The third-order valence-electron chi connectivity index (χ3n) is 8.55. The van der Waals surface area contributed by atoms with Gasteiger partial charge >= 0.3 is 0 Å². The Hall–Kier alpha value is -0.260. The summed E-state index contributed by atoms with van der Waals surface area (Å²) < 4.78 is 0. The van der Waals surface area contributed by atoms with Crippen LogP contribution in [0.25, 0.3) is 0 Å². The van der Waals surface area contributed by atoms with Gasteiger partial charge in [-0.1, -0.05) is 105 Å². The Morgan fingerprint density at radius 2 is 1.54 bits per heavy atom. The Labute approximate surface area is 178 Å². The van der Waals surface area contributed by atoms with E-state index in [9.17, 15) is 0 Å². The lowest BCUT2D eigenvalue weighted by Crippen LogP contribution is -2.30. The van der Waals surface area contributed by atoms with Crippen molar-refractivity contribution in [2.45, 2.75) is 125 Å². The van der Waals surface area contributed by atoms with Crippen molar-refractivity contribution in [3.05, 3.63) is 12.2 Å². The van der Waals surface area contributed by atoms with E-state index in [1.165, 1.54) is 89.9 Å². The fraction of sp³-hybridized carbons (Fsp3) is 0.929. The highest BCUT2D eigenvalue weighted by Crippen LogP contribution is 2.46. The molecule has 28 heavy (non-hydrogen) atoms. The normalized spacial score (nSPS) is 31.1. The van der Waals surface area contributed by atoms with Crippen molar-refractivity contribution in [3.63, 3.8) is 0 Å². The molecule has 4 atom stereocenters. The first kappa shape index (κ1) is 24.0. The quantitative estimate of drug-likeness (QED) is 0.309. The molecular formula is C28H52. The van der Waals surface area contributed by atoms with E-state index >= 15 is 0 Å². The maximum absolute atomic E-state index is 4.59. The van der Waals surface area contributed by atoms with Crippen LogP contribution < -0.4 is 0 Å². The van der Waals surface area contributed by atoms with Gasteiger partial charge in [0, 0.05) is 0 Å². The number of hydrogen-bond donors (Lipinski definition) is 0. The van der Waals surface area contributed by atoms with Crippen molar-refractivity contribution in [1.82, 2.24) is 0 Å². The van der Waals surface area contributed by atoms with Gasteiger partial charge in [0.2, 0.25) is 0 Å². The molecule has 0 heteroatoms. The predicted octanol–water partition coefficient (Wildman–Crippen LogP) is 9.44. The van der Waals surface area contributed by atoms with Gasteiger partial charge in [0.25, 0.3) is 0 Å². The van der Waals surface area contributed by atoms with E-state index in [-0.39, 0.29) is 0 Å². The molecule has 2 aliphatic rings. The van der Waals surface area contributed by atoms with Crippen molar-refractivity contribution in [3.8, 4) is 0 Å². The Bertz CT molecular complexity index is 425. The molecule has 0 nitrogen and oxygen atoms in total. The van der Waals surface area contributed by atoms with Crippen LogP contribution in [0.2, 0.25) is 0 Å². The van der Waals surface area contributed by atoms with Crippen molar-refractivity contribution in [1.29, 1.82) is 0 Å². The Morgan fingerprint density at radius 1 is 0.857 bits per heavy atom. The summed E-state index contributed by atoms with van der Waals surface area (Å²) in [6.07, 6.45) is 20.2. The summed E-state index contributed by atoms with van der Waals surface area (Å²) in [5.74, 6) is 6.54. The topological polar surface area (TPSA) is 0 Å². The maximum atomic E-state index is 4.59. The van der Waals surface area contributed by atoms with Gasteiger partial charge in [-0.3, -0.25) is 0 Å². The fourth-order valence-electron chi connectivity index (χ4n) is 6.76. The van der Waals surface area contributed by atoms with Gasteiger partial charge in [0.15, 0.2) is 0 Å². The second-order valence-electron chi connectivity index (χ2n) is 11.0. The van der Waals surface area contributed by atoms with Gasteiger partial charge < -0.3 is 0 Å². The van der Waals surface area contributed by atoms with Crippen molar-refractivity contribution < 1.29 is 0 Å². The molecule has 0 saturated heterocycles. The molecule has 2 saturated carbocycles. The summed E-state index contributed by atoms with van der Waals surface area (Å²) in [5.41, 5.74) is 1.61. The molecular weight excluding hydrogens is 336 g/mol. The van der Waals surface area contributed by atoms with Crippen molar-refractivity contribution in [2.75, 3.05) is 0 Å². The number of hydrogen-bond acceptors (Lipinski definition) is 0. The third kappa shape index (κ3) is 7.21. The Morgan fingerprint density at radius 3 is 2.11 bits per heavy atom. The SMILES string of the molecule is C=C1CCC(CC2CCC(CCC)CC2)CC1C(CC)C(CC)CCC(C)C. The van der Waals surface area contributed by atoms with Gasteiger partial charge in [-0.05, 0) is 73.5 Å². The number of rotatable bonds is 11. The van der Waals surface area contributed by atoms with E-state index in [2.05, 4.69) is 41.2 Å². The molecule has 0 aliphatic heterocycles. The van der Waals surface area contributed by atoms with E-state index in [0.29, 0.717) is 0 Å². The van der Waals surface area contributed by atoms with Crippen molar-refractivity contribution >= 4 is 0 Å². The monoisotopic (exact) mass is 388 g/mol. The van der Waals surface area contributed by atoms with Crippen LogP contribution in [0.5, 0.6) is 0 Å². The average molecular weight is 389 g/mol. The van der Waals surface area contributed by atoms with Crippen LogP contribution in [0, 0.1) is 41.4 Å². The first-order valence-corrected chi connectivity index (χ1v) is 13.2. The minimum Gasteiger partial charge on any atom is -0.0996 e. The molecule has 0 aromatic heterocycles. The molecule has 0 aromatic carbocycles. The molecule has 0 bridgehead atoms. The van der Waals surface area contributed by atoms with Gasteiger partial charge in [-0.15, -0.1) is 0 Å². The zero-order valence-electron chi connectivity index (χ0n) is 20.1. The highest BCUT2D eigenvalue weighted by molar-refractivity contribution is 5.08. The van der Waals surface area contributed by atoms with E-state index in [1.807, 2.05) is 0 Å². The van der Waals surface area contributed by atoms with Crippen LogP contribution in [0.15, 0.2) is 12.2 Å². The van der Waals surface area contributed by atoms with Crippen LogP contribution in [-0.2, 0) is 0 Å². The highest BCUT2D eigenvalue weighted by atomic mass is 14.4. The van der Waals surface area contributed by atoms with Gasteiger partial charge in [0.05, 0.1) is 0 Å². The molecule has 0 radical (unpaired) electrons. The zero-order valence-corrected chi connectivity index (χ0v) is 20.1. The molecule has 0 spiro atoms. The van der Waals surface area contributed by atoms with Crippen LogP contribution in [0.3, 0.4) is 0 Å². The first-order chi connectivity index (χ1) is 13.5. The van der Waals surface area contributed by atoms with Crippen molar-refractivity contribution in [2.24, 2.45) is 41.4 Å². The second-order valence-corrected chi connectivity index (χ2v) is 11.0. The molecule has 0 N–H and O–H groups in total. The lowest BCUT2D eigenvalue weighted by molar-refractivity contribution is 0.145. The van der Waals surface area contributed by atoms with Crippen LogP contribution in [0.1, 0.15) is 125 Å². The first-order valence-electron chi connectivity index (χ1n) is 13.2. The minimum atomic E-state index is 0.817. The maximum Gasteiger partial charge on any atom is -0.0172 e. The molecule has 4 unspecified atom stereocenters. The molecule has 2 rings (SSSR count). The molecule has 0 heterocycles. The van der Waals surface area contributed by atoms with Gasteiger partial charge in [-0.2, -0.15) is 0 Å². The fourth-order valence-corrected chi connectivity index (χ4v) is 6.76. The average Bonchev–Trinajstić information content (AvgIpc) is 2.68. The molecule has 0 aromatic rings. The second kappa shape index (κ2) is 12.4. The lowest BCUT2D eigenvalue weighted by Gasteiger charge is -2.41. The largest absolute Gasteiger partial charge is 0.0996 e. The van der Waals surface area contributed by atoms with Gasteiger partial charge in [-0.25, -0.2) is 0 Å². The summed E-state index contributed by atoms with van der Waals surface area (Å²) in [7, 11) is 0. The summed E-state index contributed by atoms with van der Waals surface area (Å²) in [6.45, 7) is 16.6. The van der Waals surface area contributed by atoms with E-state index < -0.39 is 0 Å². The number of allylic oxidation sites excluding steroid dienone is 1. The van der Waals surface area contributed by atoms with Crippen LogP contribution in [0.4, 0.5) is 0 Å². The third-order valence-corrected chi connectivity index (χ3v) is 8.55.